The predicted molar refractivity (Wildman–Crippen MR) is 78.5 cm³/mol. The van der Waals surface area contributed by atoms with E-state index >= 15 is 0 Å². The summed E-state index contributed by atoms with van der Waals surface area (Å²) in [6, 6.07) is 21.1. The van der Waals surface area contributed by atoms with Crippen molar-refractivity contribution < 1.29 is 0 Å². The molecule has 1 heteroatoms. The molecule has 0 saturated carbocycles. The van der Waals surface area contributed by atoms with E-state index in [4.69, 9.17) is 5.73 Å². The third-order valence-corrected chi connectivity index (χ3v) is 3.36. The molecular weight excluding hydrogens is 218 g/mol. The Hall–Kier alpha value is -2.28. The van der Waals surface area contributed by atoms with Gasteiger partial charge in [0.05, 0.1) is 0 Å². The number of rotatable bonds is 1. The van der Waals surface area contributed by atoms with Crippen LogP contribution in [-0.4, -0.2) is 0 Å². The second-order valence-corrected chi connectivity index (χ2v) is 4.63. The number of hydrogen-bond acceptors (Lipinski definition) is 1. The molecule has 0 heterocycles. The Morgan fingerprint density at radius 1 is 0.722 bits per heavy atom. The summed E-state index contributed by atoms with van der Waals surface area (Å²) >= 11 is 0. The minimum Gasteiger partial charge on any atom is -0.398 e. The number of hydrogen-bond donors (Lipinski definition) is 1. The van der Waals surface area contributed by atoms with Crippen LogP contribution in [0.5, 0.6) is 0 Å². The van der Waals surface area contributed by atoms with Gasteiger partial charge in [-0.25, -0.2) is 0 Å². The Labute approximate surface area is 107 Å². The van der Waals surface area contributed by atoms with Gasteiger partial charge in [0.15, 0.2) is 0 Å². The maximum atomic E-state index is 5.97. The van der Waals surface area contributed by atoms with Crippen molar-refractivity contribution in [1.82, 2.24) is 0 Å². The molecule has 0 bridgehead atoms. The third-order valence-electron chi connectivity index (χ3n) is 3.36. The molecule has 88 valence electrons. The van der Waals surface area contributed by atoms with Crippen LogP contribution in [0.3, 0.4) is 0 Å². The first-order valence-electron chi connectivity index (χ1n) is 6.09. The van der Waals surface area contributed by atoms with Crippen LogP contribution in [0.15, 0.2) is 60.7 Å². The summed E-state index contributed by atoms with van der Waals surface area (Å²) in [4.78, 5) is 0. The largest absolute Gasteiger partial charge is 0.398 e. The summed E-state index contributed by atoms with van der Waals surface area (Å²) in [5.74, 6) is 0. The minimum atomic E-state index is 0.848. The first-order chi connectivity index (χ1) is 8.74. The molecule has 0 amide bonds. The minimum absolute atomic E-state index is 0.848. The van der Waals surface area contributed by atoms with Gasteiger partial charge in [-0.3, -0.25) is 0 Å². The van der Waals surface area contributed by atoms with Gasteiger partial charge in [-0.15, -0.1) is 0 Å². The van der Waals surface area contributed by atoms with Gasteiger partial charge in [0.1, 0.15) is 0 Å². The van der Waals surface area contributed by atoms with Gasteiger partial charge >= 0.3 is 0 Å². The summed E-state index contributed by atoms with van der Waals surface area (Å²) < 4.78 is 0. The number of fused-ring (bicyclic) bond motifs is 1. The third kappa shape index (κ3) is 1.84. The van der Waals surface area contributed by atoms with Crippen LogP contribution in [0.4, 0.5) is 5.69 Å². The number of aryl methyl sites for hydroxylation is 1. The van der Waals surface area contributed by atoms with Crippen molar-refractivity contribution in [3.05, 3.63) is 66.2 Å². The second-order valence-electron chi connectivity index (χ2n) is 4.63. The average Bonchev–Trinajstić information content (AvgIpc) is 2.41. The topological polar surface area (TPSA) is 26.0 Å². The van der Waals surface area contributed by atoms with Crippen molar-refractivity contribution >= 4 is 16.5 Å². The molecule has 3 rings (SSSR count). The smallest absolute Gasteiger partial charge is 0.0349 e. The Balaban J connectivity index is 2.16. The molecule has 3 aromatic carbocycles. The lowest BCUT2D eigenvalue weighted by atomic mass is 10.00. The summed E-state index contributed by atoms with van der Waals surface area (Å²) in [5.41, 5.74) is 10.3. The number of nitrogen functional groups attached to an aromatic ring is 1. The van der Waals surface area contributed by atoms with Crippen LogP contribution in [0.25, 0.3) is 21.9 Å². The lowest BCUT2D eigenvalue weighted by molar-refractivity contribution is 1.47. The Bertz CT molecular complexity index is 714. The summed E-state index contributed by atoms with van der Waals surface area (Å²) in [6.45, 7) is 2.03. The molecule has 0 atom stereocenters. The lowest BCUT2D eigenvalue weighted by Gasteiger charge is -2.07. The molecular formula is C17H15N. The van der Waals surface area contributed by atoms with E-state index < -0.39 is 0 Å². The van der Waals surface area contributed by atoms with Crippen LogP contribution in [0.2, 0.25) is 0 Å². The summed E-state index contributed by atoms with van der Waals surface area (Å²) in [7, 11) is 0. The van der Waals surface area contributed by atoms with Gasteiger partial charge < -0.3 is 5.73 Å². The van der Waals surface area contributed by atoms with Gasteiger partial charge in [-0.05, 0) is 46.5 Å². The normalized spacial score (nSPS) is 10.7. The van der Waals surface area contributed by atoms with Crippen molar-refractivity contribution in [1.29, 1.82) is 0 Å². The Morgan fingerprint density at radius 3 is 2.17 bits per heavy atom. The van der Waals surface area contributed by atoms with Gasteiger partial charge in [0.25, 0.3) is 0 Å². The zero-order chi connectivity index (χ0) is 12.5. The van der Waals surface area contributed by atoms with E-state index in [-0.39, 0.29) is 0 Å². The maximum Gasteiger partial charge on any atom is 0.0349 e. The fourth-order valence-electron chi connectivity index (χ4n) is 2.19. The van der Waals surface area contributed by atoms with Crippen molar-refractivity contribution in [2.45, 2.75) is 6.92 Å². The number of anilines is 1. The van der Waals surface area contributed by atoms with E-state index in [1.54, 1.807) is 0 Å². The van der Waals surface area contributed by atoms with Gasteiger partial charge in [0.2, 0.25) is 0 Å². The molecule has 18 heavy (non-hydrogen) atoms. The maximum absolute atomic E-state index is 5.97. The van der Waals surface area contributed by atoms with Crippen LogP contribution < -0.4 is 5.73 Å². The summed E-state index contributed by atoms with van der Waals surface area (Å²) in [6.07, 6.45) is 0. The molecule has 0 unspecified atom stereocenters. The molecule has 0 spiro atoms. The molecule has 2 N–H and O–H groups in total. The molecule has 0 fully saturated rings. The molecule has 0 radical (unpaired) electrons. The number of benzene rings is 3. The summed E-state index contributed by atoms with van der Waals surface area (Å²) in [5, 5.41) is 2.52. The van der Waals surface area contributed by atoms with Gasteiger partial charge in [0, 0.05) is 5.69 Å². The van der Waals surface area contributed by atoms with Crippen LogP contribution in [0, 0.1) is 6.92 Å². The zero-order valence-electron chi connectivity index (χ0n) is 10.4. The van der Waals surface area contributed by atoms with Gasteiger partial charge in [-0.2, -0.15) is 0 Å². The monoisotopic (exact) mass is 233 g/mol. The van der Waals surface area contributed by atoms with Crippen LogP contribution in [-0.2, 0) is 0 Å². The molecule has 1 nitrogen and oxygen atoms in total. The second kappa shape index (κ2) is 4.19. The molecule has 0 aromatic heterocycles. The van der Waals surface area contributed by atoms with Crippen molar-refractivity contribution in [2.24, 2.45) is 0 Å². The van der Waals surface area contributed by atoms with E-state index in [0.717, 1.165) is 11.3 Å². The SMILES string of the molecule is Cc1ccc(-c2ccc3ccccc3c2)cc1N. The quantitative estimate of drug-likeness (QED) is 0.619. The molecule has 0 aliphatic rings. The fourth-order valence-corrected chi connectivity index (χ4v) is 2.19. The standard InChI is InChI=1S/C17H15N/c1-12-6-7-16(11-17(12)18)15-9-8-13-4-2-3-5-14(13)10-15/h2-11H,18H2,1H3. The average molecular weight is 233 g/mol. The van der Waals surface area contributed by atoms with Crippen LogP contribution in [0.1, 0.15) is 5.56 Å². The molecule has 3 aromatic rings. The van der Waals surface area contributed by atoms with Gasteiger partial charge in [-0.1, -0.05) is 48.5 Å². The highest BCUT2D eigenvalue weighted by atomic mass is 14.5. The highest BCUT2D eigenvalue weighted by Crippen LogP contribution is 2.26. The highest BCUT2D eigenvalue weighted by molar-refractivity contribution is 5.87. The van der Waals surface area contributed by atoms with E-state index in [9.17, 15) is 0 Å². The first kappa shape index (κ1) is 10.8. The lowest BCUT2D eigenvalue weighted by Crippen LogP contribution is -1.89. The van der Waals surface area contributed by atoms with Crippen molar-refractivity contribution in [3.8, 4) is 11.1 Å². The van der Waals surface area contributed by atoms with Crippen molar-refractivity contribution in [3.63, 3.8) is 0 Å². The Morgan fingerprint density at radius 2 is 1.39 bits per heavy atom. The Kier molecular flexibility index (Phi) is 2.52. The van der Waals surface area contributed by atoms with E-state index in [0.29, 0.717) is 0 Å². The van der Waals surface area contributed by atoms with E-state index in [1.807, 2.05) is 13.0 Å². The van der Waals surface area contributed by atoms with Crippen LogP contribution >= 0.6 is 0 Å². The highest BCUT2D eigenvalue weighted by Gasteiger charge is 2.01. The number of nitrogens with two attached hydrogens (primary N) is 1. The predicted octanol–water partition coefficient (Wildman–Crippen LogP) is 4.40. The van der Waals surface area contributed by atoms with Crippen molar-refractivity contribution in [2.75, 3.05) is 5.73 Å². The van der Waals surface area contributed by atoms with E-state index in [1.165, 1.54) is 21.9 Å². The first-order valence-corrected chi connectivity index (χ1v) is 6.09. The molecule has 0 aliphatic carbocycles. The fraction of sp³-hybridized carbons (Fsp3) is 0.0588. The van der Waals surface area contributed by atoms with E-state index in [2.05, 4.69) is 54.6 Å². The molecule has 0 saturated heterocycles. The molecule has 0 aliphatic heterocycles. The zero-order valence-corrected chi connectivity index (χ0v) is 10.4.